The Morgan fingerprint density at radius 2 is 2.25 bits per heavy atom. The molecule has 108 valence electrons. The molecule has 1 N–H and O–H groups in total. The molecule has 2 rings (SSSR count). The van der Waals surface area contributed by atoms with Crippen LogP contribution in [0, 0.1) is 0 Å². The molecule has 0 fully saturated rings. The summed E-state index contributed by atoms with van der Waals surface area (Å²) in [6.07, 6.45) is 1.73. The van der Waals surface area contributed by atoms with E-state index in [1.54, 1.807) is 7.11 Å². The Balaban J connectivity index is 2.20. The van der Waals surface area contributed by atoms with Gasteiger partial charge in [0.15, 0.2) is 0 Å². The van der Waals surface area contributed by atoms with Gasteiger partial charge in [0.1, 0.15) is 5.75 Å². The number of nitrogens with zero attached hydrogens (tertiary/aromatic N) is 2. The quantitative estimate of drug-likeness (QED) is 0.859. The highest BCUT2D eigenvalue weighted by molar-refractivity contribution is 9.10. The first-order chi connectivity index (χ1) is 9.65. The minimum atomic E-state index is -0.597. The van der Waals surface area contributed by atoms with E-state index >= 15 is 0 Å². The number of aromatic nitrogens is 2. The lowest BCUT2D eigenvalue weighted by molar-refractivity contribution is 0.179. The molecule has 0 aliphatic rings. The van der Waals surface area contributed by atoms with Crippen molar-refractivity contribution >= 4 is 27.5 Å². The van der Waals surface area contributed by atoms with Gasteiger partial charge in [0.25, 0.3) is 0 Å². The minimum absolute atomic E-state index is 0.489. The Morgan fingerprint density at radius 1 is 1.45 bits per heavy atom. The third-order valence-electron chi connectivity index (χ3n) is 3.03. The number of methoxy groups -OCH3 is 1. The molecule has 1 aromatic heterocycles. The summed E-state index contributed by atoms with van der Waals surface area (Å²) in [5, 5.41) is 14.5. The van der Waals surface area contributed by atoms with E-state index < -0.39 is 6.10 Å². The molecule has 1 unspecified atom stereocenters. The first-order valence-electron chi connectivity index (χ1n) is 6.47. The van der Waals surface area contributed by atoms with Crippen molar-refractivity contribution in [1.29, 1.82) is 0 Å². The summed E-state index contributed by atoms with van der Waals surface area (Å²) in [6, 6.07) is 5.78. The van der Waals surface area contributed by atoms with Crippen molar-refractivity contribution in [3.05, 3.63) is 38.8 Å². The van der Waals surface area contributed by atoms with E-state index in [0.717, 1.165) is 39.2 Å². The maximum absolute atomic E-state index is 10.4. The lowest BCUT2D eigenvalue weighted by Gasteiger charge is -2.13. The van der Waals surface area contributed by atoms with E-state index in [2.05, 4.69) is 32.4 Å². The van der Waals surface area contributed by atoms with Gasteiger partial charge in [-0.3, -0.25) is 0 Å². The highest BCUT2D eigenvalue weighted by Crippen LogP contribution is 2.30. The number of aliphatic hydroxyl groups excluding tert-OH is 1. The molecule has 0 saturated carbocycles. The standard InChI is InChI=1S/C14H17BrN2O2S/c1-3-4-11-14(20-17-16-11)12(18)8-9-7-10(15)5-6-13(9)19-2/h5-7,12,18H,3-4,8H2,1-2H3. The van der Waals surface area contributed by atoms with E-state index in [4.69, 9.17) is 4.74 Å². The van der Waals surface area contributed by atoms with Crippen LogP contribution in [0.15, 0.2) is 22.7 Å². The van der Waals surface area contributed by atoms with E-state index in [0.29, 0.717) is 6.42 Å². The summed E-state index contributed by atoms with van der Waals surface area (Å²) < 4.78 is 10.3. The SMILES string of the molecule is CCCc1nnsc1C(O)Cc1cc(Br)ccc1OC. The maximum atomic E-state index is 10.4. The normalized spacial score (nSPS) is 12.4. The Kier molecular flexibility index (Phi) is 5.51. The molecule has 6 heteroatoms. The van der Waals surface area contributed by atoms with Crippen molar-refractivity contribution in [2.45, 2.75) is 32.3 Å². The van der Waals surface area contributed by atoms with Crippen LogP contribution in [0.5, 0.6) is 5.75 Å². The van der Waals surface area contributed by atoms with Crippen molar-refractivity contribution in [3.63, 3.8) is 0 Å². The summed E-state index contributed by atoms with van der Waals surface area (Å²) >= 11 is 4.72. The fourth-order valence-corrected chi connectivity index (χ4v) is 3.18. The van der Waals surface area contributed by atoms with Crippen LogP contribution in [0.4, 0.5) is 0 Å². The molecule has 4 nitrogen and oxygen atoms in total. The topological polar surface area (TPSA) is 55.2 Å². The second-order valence-electron chi connectivity index (χ2n) is 4.51. The van der Waals surface area contributed by atoms with Gasteiger partial charge in [0.05, 0.1) is 23.8 Å². The average molecular weight is 357 g/mol. The van der Waals surface area contributed by atoms with Gasteiger partial charge in [-0.1, -0.05) is 33.8 Å². The largest absolute Gasteiger partial charge is 0.496 e. The molecular formula is C14H17BrN2O2S. The predicted molar refractivity (Wildman–Crippen MR) is 83.3 cm³/mol. The lowest BCUT2D eigenvalue weighted by Crippen LogP contribution is -2.04. The number of aryl methyl sites for hydroxylation is 1. The van der Waals surface area contributed by atoms with Gasteiger partial charge in [-0.2, -0.15) is 0 Å². The first kappa shape index (κ1) is 15.4. The third-order valence-corrected chi connectivity index (χ3v) is 4.39. The van der Waals surface area contributed by atoms with Crippen LogP contribution in [-0.2, 0) is 12.8 Å². The number of rotatable bonds is 6. The van der Waals surface area contributed by atoms with Gasteiger partial charge in [-0.05, 0) is 41.7 Å². The highest BCUT2D eigenvalue weighted by Gasteiger charge is 2.18. The summed E-state index contributed by atoms with van der Waals surface area (Å²) in [5.41, 5.74) is 1.86. The number of ether oxygens (including phenoxy) is 1. The molecule has 0 aliphatic heterocycles. The number of halogens is 1. The average Bonchev–Trinajstić information content (AvgIpc) is 2.88. The number of hydrogen-bond acceptors (Lipinski definition) is 5. The van der Waals surface area contributed by atoms with E-state index in [1.807, 2.05) is 18.2 Å². The molecule has 2 aromatic rings. The Bertz CT molecular complexity index is 574. The molecule has 0 radical (unpaired) electrons. The summed E-state index contributed by atoms with van der Waals surface area (Å²) in [6.45, 7) is 2.09. The molecule has 1 heterocycles. The fraction of sp³-hybridized carbons (Fsp3) is 0.429. The third kappa shape index (κ3) is 3.56. The van der Waals surface area contributed by atoms with E-state index in [9.17, 15) is 5.11 Å². The van der Waals surface area contributed by atoms with Gasteiger partial charge < -0.3 is 9.84 Å². The van der Waals surface area contributed by atoms with Gasteiger partial charge >= 0.3 is 0 Å². The van der Waals surface area contributed by atoms with Crippen molar-refractivity contribution in [3.8, 4) is 5.75 Å². The zero-order valence-corrected chi connectivity index (χ0v) is 13.9. The van der Waals surface area contributed by atoms with Gasteiger partial charge in [0.2, 0.25) is 0 Å². The zero-order valence-electron chi connectivity index (χ0n) is 11.5. The second kappa shape index (κ2) is 7.15. The number of aliphatic hydroxyl groups is 1. The van der Waals surface area contributed by atoms with E-state index in [1.165, 1.54) is 11.5 Å². The Labute approximate surface area is 131 Å². The van der Waals surface area contributed by atoms with Crippen molar-refractivity contribution in [2.75, 3.05) is 7.11 Å². The van der Waals surface area contributed by atoms with Crippen LogP contribution in [0.3, 0.4) is 0 Å². The lowest BCUT2D eigenvalue weighted by atomic mass is 10.0. The van der Waals surface area contributed by atoms with Gasteiger partial charge in [-0.25, -0.2) is 0 Å². The van der Waals surface area contributed by atoms with Crippen LogP contribution < -0.4 is 4.74 Å². The second-order valence-corrected chi connectivity index (χ2v) is 6.21. The number of benzene rings is 1. The van der Waals surface area contributed by atoms with E-state index in [-0.39, 0.29) is 0 Å². The molecular weight excluding hydrogens is 340 g/mol. The summed E-state index contributed by atoms with van der Waals surface area (Å²) in [4.78, 5) is 0.855. The molecule has 0 saturated heterocycles. The maximum Gasteiger partial charge on any atom is 0.122 e. The molecule has 1 aromatic carbocycles. The Morgan fingerprint density at radius 3 is 2.95 bits per heavy atom. The summed E-state index contributed by atoms with van der Waals surface area (Å²) in [5.74, 6) is 0.779. The molecule has 1 atom stereocenters. The van der Waals surface area contributed by atoms with Crippen LogP contribution in [0.25, 0.3) is 0 Å². The molecule has 0 aliphatic carbocycles. The van der Waals surface area contributed by atoms with Crippen molar-refractivity contribution < 1.29 is 9.84 Å². The molecule has 0 spiro atoms. The van der Waals surface area contributed by atoms with Crippen LogP contribution in [-0.4, -0.2) is 21.8 Å². The minimum Gasteiger partial charge on any atom is -0.496 e. The first-order valence-corrected chi connectivity index (χ1v) is 8.04. The monoisotopic (exact) mass is 356 g/mol. The van der Waals surface area contributed by atoms with Crippen molar-refractivity contribution in [1.82, 2.24) is 9.59 Å². The van der Waals surface area contributed by atoms with Crippen LogP contribution >= 0.6 is 27.5 Å². The van der Waals surface area contributed by atoms with Crippen LogP contribution in [0.1, 0.15) is 35.6 Å². The van der Waals surface area contributed by atoms with Gasteiger partial charge in [-0.15, -0.1) is 5.10 Å². The molecule has 20 heavy (non-hydrogen) atoms. The zero-order chi connectivity index (χ0) is 14.5. The molecule has 0 amide bonds. The van der Waals surface area contributed by atoms with Crippen LogP contribution in [0.2, 0.25) is 0 Å². The van der Waals surface area contributed by atoms with Crippen molar-refractivity contribution in [2.24, 2.45) is 0 Å². The summed E-state index contributed by atoms with van der Waals surface area (Å²) in [7, 11) is 1.63. The highest BCUT2D eigenvalue weighted by atomic mass is 79.9. The Hall–Kier alpha value is -0.980. The number of hydrogen-bond donors (Lipinski definition) is 1. The smallest absolute Gasteiger partial charge is 0.122 e. The molecule has 0 bridgehead atoms. The van der Waals surface area contributed by atoms with Gasteiger partial charge in [0, 0.05) is 10.9 Å². The fourth-order valence-electron chi connectivity index (χ4n) is 2.09. The predicted octanol–water partition coefficient (Wildman–Crippen LogP) is 3.54.